The molecule has 0 amide bonds. The van der Waals surface area contributed by atoms with Crippen LogP contribution in [0.5, 0.6) is 0 Å². The van der Waals surface area contributed by atoms with E-state index in [9.17, 15) is 13.2 Å². The first-order valence-electron chi connectivity index (χ1n) is 5.14. The lowest BCUT2D eigenvalue weighted by molar-refractivity contribution is 0.515. The Bertz CT molecular complexity index is 546. The van der Waals surface area contributed by atoms with Crippen LogP contribution in [-0.2, 0) is 0 Å². The van der Waals surface area contributed by atoms with Crippen LogP contribution in [0.1, 0.15) is 17.2 Å². The Balaban J connectivity index is 2.46. The van der Waals surface area contributed by atoms with Gasteiger partial charge in [0.2, 0.25) is 0 Å². The molecule has 0 bridgehead atoms. The first kappa shape index (κ1) is 13.1. The molecule has 2 N–H and O–H groups in total. The van der Waals surface area contributed by atoms with Crippen molar-refractivity contribution in [3.05, 3.63) is 69.4 Å². The van der Waals surface area contributed by atoms with Gasteiger partial charge in [0.05, 0.1) is 6.04 Å². The molecule has 0 aliphatic rings. The Hall–Kier alpha value is -1.33. The third-order valence-corrected chi connectivity index (χ3v) is 3.11. The predicted octanol–water partition coefficient (Wildman–Crippen LogP) is 3.91. The van der Waals surface area contributed by atoms with E-state index in [-0.39, 0.29) is 5.56 Å². The highest BCUT2D eigenvalue weighted by atomic mass is 79.9. The van der Waals surface area contributed by atoms with Gasteiger partial charge < -0.3 is 5.73 Å². The van der Waals surface area contributed by atoms with Gasteiger partial charge in [0.15, 0.2) is 0 Å². The molecule has 18 heavy (non-hydrogen) atoms. The number of rotatable bonds is 2. The summed E-state index contributed by atoms with van der Waals surface area (Å²) in [5.41, 5.74) is 6.01. The van der Waals surface area contributed by atoms with Crippen LogP contribution in [0.25, 0.3) is 0 Å². The zero-order valence-corrected chi connectivity index (χ0v) is 10.7. The second-order valence-corrected chi connectivity index (χ2v) is 4.73. The molecule has 2 rings (SSSR count). The van der Waals surface area contributed by atoms with Crippen molar-refractivity contribution in [3.8, 4) is 0 Å². The highest BCUT2D eigenvalue weighted by molar-refractivity contribution is 9.10. The highest BCUT2D eigenvalue weighted by Crippen LogP contribution is 2.26. The van der Waals surface area contributed by atoms with Gasteiger partial charge in [0, 0.05) is 22.2 Å². The molecule has 5 heteroatoms. The molecule has 0 aliphatic heterocycles. The smallest absolute Gasteiger partial charge is 0.134 e. The van der Waals surface area contributed by atoms with E-state index < -0.39 is 23.5 Å². The molecule has 94 valence electrons. The Morgan fingerprint density at radius 3 is 1.94 bits per heavy atom. The van der Waals surface area contributed by atoms with Crippen molar-refractivity contribution in [2.45, 2.75) is 6.04 Å². The second kappa shape index (κ2) is 5.12. The lowest BCUT2D eigenvalue weighted by Crippen LogP contribution is -2.16. The minimum absolute atomic E-state index is 0.335. The van der Waals surface area contributed by atoms with E-state index in [1.54, 1.807) is 24.3 Å². The van der Waals surface area contributed by atoms with Gasteiger partial charge in [0.1, 0.15) is 17.5 Å². The lowest BCUT2D eigenvalue weighted by atomic mass is 9.98. The summed E-state index contributed by atoms with van der Waals surface area (Å²) in [6, 6.07) is 7.00. The van der Waals surface area contributed by atoms with Crippen LogP contribution in [0.2, 0.25) is 0 Å². The molecule has 0 saturated heterocycles. The number of nitrogens with two attached hydrogens (primary N) is 1. The van der Waals surface area contributed by atoms with E-state index in [1.165, 1.54) is 0 Å². The Labute approximate surface area is 111 Å². The molecule has 0 aromatic heterocycles. The molecule has 0 saturated carbocycles. The summed E-state index contributed by atoms with van der Waals surface area (Å²) in [7, 11) is 0. The summed E-state index contributed by atoms with van der Waals surface area (Å²) in [5.74, 6) is -2.93. The third kappa shape index (κ3) is 2.57. The van der Waals surface area contributed by atoms with E-state index in [1.807, 2.05) is 0 Å². The van der Waals surface area contributed by atoms with Crippen LogP contribution >= 0.6 is 15.9 Å². The fraction of sp³-hybridized carbons (Fsp3) is 0.0769. The van der Waals surface area contributed by atoms with E-state index in [4.69, 9.17) is 5.73 Å². The molecular formula is C13H9BrF3N. The van der Waals surface area contributed by atoms with Crippen LogP contribution in [0.3, 0.4) is 0 Å². The molecule has 1 unspecified atom stereocenters. The largest absolute Gasteiger partial charge is 0.320 e. The van der Waals surface area contributed by atoms with E-state index in [2.05, 4.69) is 15.9 Å². The van der Waals surface area contributed by atoms with Crippen LogP contribution in [0.4, 0.5) is 13.2 Å². The summed E-state index contributed by atoms with van der Waals surface area (Å²) in [6.07, 6.45) is 0. The Morgan fingerprint density at radius 1 is 0.944 bits per heavy atom. The maximum absolute atomic E-state index is 13.6. The SMILES string of the molecule is NC(c1ccc(Br)cc1)c1c(F)cc(F)cc1F. The number of hydrogen-bond donors (Lipinski definition) is 1. The summed E-state index contributed by atoms with van der Waals surface area (Å²) in [6.45, 7) is 0. The zero-order chi connectivity index (χ0) is 13.3. The summed E-state index contributed by atoms with van der Waals surface area (Å²) >= 11 is 3.25. The number of halogens is 4. The maximum atomic E-state index is 13.6. The van der Waals surface area contributed by atoms with E-state index in [0.29, 0.717) is 17.7 Å². The topological polar surface area (TPSA) is 26.0 Å². The molecule has 1 nitrogen and oxygen atoms in total. The highest BCUT2D eigenvalue weighted by Gasteiger charge is 2.19. The fourth-order valence-corrected chi connectivity index (χ4v) is 1.95. The van der Waals surface area contributed by atoms with Gasteiger partial charge in [-0.25, -0.2) is 13.2 Å². The fourth-order valence-electron chi connectivity index (χ4n) is 1.69. The number of benzene rings is 2. The van der Waals surface area contributed by atoms with Gasteiger partial charge in [-0.15, -0.1) is 0 Å². The summed E-state index contributed by atoms with van der Waals surface area (Å²) < 4.78 is 40.7. The van der Waals surface area contributed by atoms with Gasteiger partial charge in [0.25, 0.3) is 0 Å². The van der Waals surface area contributed by atoms with Crippen molar-refractivity contribution in [2.24, 2.45) is 5.73 Å². The van der Waals surface area contributed by atoms with Crippen LogP contribution in [0, 0.1) is 17.5 Å². The average molecular weight is 316 g/mol. The molecular weight excluding hydrogens is 307 g/mol. The molecule has 0 aliphatic carbocycles. The van der Waals surface area contributed by atoms with Crippen molar-refractivity contribution in [2.75, 3.05) is 0 Å². The number of hydrogen-bond acceptors (Lipinski definition) is 1. The standard InChI is InChI=1S/C13H9BrF3N/c14-8-3-1-7(2-4-8)13(18)12-10(16)5-9(15)6-11(12)17/h1-6,13H,18H2. The molecule has 0 radical (unpaired) electrons. The summed E-state index contributed by atoms with van der Waals surface area (Å²) in [4.78, 5) is 0. The zero-order valence-electron chi connectivity index (χ0n) is 9.13. The van der Waals surface area contributed by atoms with Crippen molar-refractivity contribution < 1.29 is 13.2 Å². The third-order valence-electron chi connectivity index (χ3n) is 2.58. The maximum Gasteiger partial charge on any atom is 0.134 e. The van der Waals surface area contributed by atoms with Crippen LogP contribution < -0.4 is 5.73 Å². The predicted molar refractivity (Wildman–Crippen MR) is 66.5 cm³/mol. The van der Waals surface area contributed by atoms with E-state index >= 15 is 0 Å². The minimum atomic E-state index is -0.983. The molecule has 2 aromatic rings. The van der Waals surface area contributed by atoms with Crippen LogP contribution in [0.15, 0.2) is 40.9 Å². The molecule has 1 atom stereocenters. The quantitative estimate of drug-likeness (QED) is 0.893. The first-order chi connectivity index (χ1) is 8.49. The molecule has 0 fully saturated rings. The second-order valence-electron chi connectivity index (χ2n) is 3.81. The van der Waals surface area contributed by atoms with Gasteiger partial charge in [-0.05, 0) is 17.7 Å². The monoisotopic (exact) mass is 315 g/mol. The molecule has 0 spiro atoms. The van der Waals surface area contributed by atoms with Crippen molar-refractivity contribution in [1.29, 1.82) is 0 Å². The Morgan fingerprint density at radius 2 is 1.44 bits per heavy atom. The molecule has 2 aromatic carbocycles. The van der Waals surface area contributed by atoms with Gasteiger partial charge in [-0.3, -0.25) is 0 Å². The summed E-state index contributed by atoms with van der Waals surface area (Å²) in [5, 5.41) is 0. The Kier molecular flexibility index (Phi) is 3.73. The molecule has 0 heterocycles. The van der Waals surface area contributed by atoms with Crippen LogP contribution in [-0.4, -0.2) is 0 Å². The normalized spacial score (nSPS) is 12.5. The van der Waals surface area contributed by atoms with Crippen molar-refractivity contribution >= 4 is 15.9 Å². The van der Waals surface area contributed by atoms with E-state index in [0.717, 1.165) is 4.47 Å². The minimum Gasteiger partial charge on any atom is -0.320 e. The van der Waals surface area contributed by atoms with Gasteiger partial charge in [-0.1, -0.05) is 28.1 Å². The average Bonchev–Trinajstić information content (AvgIpc) is 2.28. The van der Waals surface area contributed by atoms with Gasteiger partial charge in [-0.2, -0.15) is 0 Å². The lowest BCUT2D eigenvalue weighted by Gasteiger charge is -2.14. The van der Waals surface area contributed by atoms with Gasteiger partial charge >= 0.3 is 0 Å². The van der Waals surface area contributed by atoms with Crippen molar-refractivity contribution in [1.82, 2.24) is 0 Å². The first-order valence-corrected chi connectivity index (χ1v) is 5.94. The van der Waals surface area contributed by atoms with Crippen molar-refractivity contribution in [3.63, 3.8) is 0 Å².